The van der Waals surface area contributed by atoms with Crippen molar-refractivity contribution in [2.45, 2.75) is 38.4 Å². The van der Waals surface area contributed by atoms with Crippen molar-refractivity contribution in [3.63, 3.8) is 0 Å². The van der Waals surface area contributed by atoms with Gasteiger partial charge in [-0.3, -0.25) is 9.59 Å². The fourth-order valence-electron chi connectivity index (χ4n) is 3.29. The normalized spacial score (nSPS) is 25.7. The van der Waals surface area contributed by atoms with E-state index in [1.165, 1.54) is 6.92 Å². The van der Waals surface area contributed by atoms with E-state index >= 15 is 0 Å². The number of nitrogens with zero attached hydrogens (tertiary/aromatic N) is 1. The monoisotopic (exact) mass is 336 g/mol. The molecule has 0 saturated carbocycles. The predicted molar refractivity (Wildman–Crippen MR) is 85.4 cm³/mol. The number of fused-ring (bicyclic) bond motifs is 1. The maximum atomic E-state index is 12.6. The van der Waals surface area contributed by atoms with Crippen molar-refractivity contribution >= 4 is 21.7 Å². The first kappa shape index (κ1) is 16.0. The maximum Gasteiger partial charge on any atom is 0.243 e. The lowest BCUT2D eigenvalue weighted by molar-refractivity contribution is -0.140. The minimum absolute atomic E-state index is 0.0118. The molecule has 2 aliphatic rings. The van der Waals surface area contributed by atoms with E-state index in [1.54, 1.807) is 4.90 Å². The summed E-state index contributed by atoms with van der Waals surface area (Å²) in [5.74, 6) is -0.320. The fraction of sp³-hybridized carbons (Fsp3) is 0.500. The van der Waals surface area contributed by atoms with Crippen molar-refractivity contribution < 1.29 is 18.0 Å². The molecular weight excluding hydrogens is 316 g/mol. The average molecular weight is 336 g/mol. The largest absolute Gasteiger partial charge is 0.351 e. The zero-order chi connectivity index (χ0) is 16.6. The van der Waals surface area contributed by atoms with Crippen molar-refractivity contribution in [3.8, 4) is 0 Å². The Balaban J connectivity index is 1.77. The molecule has 0 radical (unpaired) electrons. The molecule has 7 heteroatoms. The highest BCUT2D eigenvalue weighted by Crippen LogP contribution is 2.24. The molecule has 1 aromatic rings. The predicted octanol–water partition coefficient (Wildman–Crippen LogP) is 0.263. The van der Waals surface area contributed by atoms with Gasteiger partial charge in [0.05, 0.1) is 11.5 Å². The lowest BCUT2D eigenvalue weighted by Gasteiger charge is -2.35. The first-order chi connectivity index (χ1) is 10.9. The third-order valence-electron chi connectivity index (χ3n) is 4.53. The Morgan fingerprint density at radius 2 is 1.91 bits per heavy atom. The average Bonchev–Trinajstić information content (AvgIpc) is 2.84. The highest BCUT2D eigenvalue weighted by atomic mass is 32.2. The Bertz CT molecular complexity index is 744. The zero-order valence-corrected chi connectivity index (χ0v) is 13.8. The van der Waals surface area contributed by atoms with Gasteiger partial charge in [-0.2, -0.15) is 0 Å². The lowest BCUT2D eigenvalue weighted by Crippen LogP contribution is -2.54. The molecule has 0 spiro atoms. The van der Waals surface area contributed by atoms with E-state index in [0.717, 1.165) is 11.1 Å². The van der Waals surface area contributed by atoms with Gasteiger partial charge in [-0.25, -0.2) is 8.42 Å². The fourth-order valence-corrected chi connectivity index (χ4v) is 4.97. The molecule has 1 aromatic carbocycles. The molecule has 1 fully saturated rings. The molecule has 0 aromatic heterocycles. The summed E-state index contributed by atoms with van der Waals surface area (Å²) < 4.78 is 23.0. The van der Waals surface area contributed by atoms with E-state index in [9.17, 15) is 18.0 Å². The van der Waals surface area contributed by atoms with E-state index in [2.05, 4.69) is 5.32 Å². The van der Waals surface area contributed by atoms with E-state index in [1.807, 2.05) is 24.3 Å². The van der Waals surface area contributed by atoms with Crippen molar-refractivity contribution in [2.75, 3.05) is 11.5 Å². The summed E-state index contributed by atoms with van der Waals surface area (Å²) in [7, 11) is -3.05. The molecule has 3 rings (SSSR count). The summed E-state index contributed by atoms with van der Waals surface area (Å²) in [6, 6.07) is 6.83. The molecule has 23 heavy (non-hydrogen) atoms. The van der Waals surface area contributed by atoms with E-state index < -0.39 is 15.9 Å². The van der Waals surface area contributed by atoms with Crippen LogP contribution in [-0.4, -0.2) is 48.7 Å². The van der Waals surface area contributed by atoms with Crippen molar-refractivity contribution in [1.82, 2.24) is 10.2 Å². The molecule has 2 aliphatic heterocycles. The van der Waals surface area contributed by atoms with Crippen molar-refractivity contribution in [2.24, 2.45) is 0 Å². The van der Waals surface area contributed by atoms with E-state index in [0.29, 0.717) is 19.4 Å². The second-order valence-corrected chi connectivity index (χ2v) is 8.47. The van der Waals surface area contributed by atoms with Crippen LogP contribution in [0.2, 0.25) is 0 Å². The van der Waals surface area contributed by atoms with Gasteiger partial charge in [0.2, 0.25) is 11.8 Å². The van der Waals surface area contributed by atoms with Crippen molar-refractivity contribution in [1.29, 1.82) is 0 Å². The molecule has 124 valence electrons. The molecule has 0 aliphatic carbocycles. The van der Waals surface area contributed by atoms with Gasteiger partial charge < -0.3 is 10.2 Å². The minimum Gasteiger partial charge on any atom is -0.351 e. The first-order valence-electron chi connectivity index (χ1n) is 7.70. The summed E-state index contributed by atoms with van der Waals surface area (Å²) in [5.41, 5.74) is 2.11. The number of rotatable bonds is 2. The third kappa shape index (κ3) is 3.39. The van der Waals surface area contributed by atoms with Gasteiger partial charge in [0.1, 0.15) is 6.04 Å². The number of amides is 2. The van der Waals surface area contributed by atoms with E-state index in [-0.39, 0.29) is 29.4 Å². The summed E-state index contributed by atoms with van der Waals surface area (Å²) in [4.78, 5) is 26.1. The second-order valence-electron chi connectivity index (χ2n) is 6.24. The third-order valence-corrected chi connectivity index (χ3v) is 6.30. The Labute approximate surface area is 135 Å². The molecule has 0 bridgehead atoms. The van der Waals surface area contributed by atoms with Crippen LogP contribution in [0, 0.1) is 0 Å². The Kier molecular flexibility index (Phi) is 4.14. The van der Waals surface area contributed by atoms with Gasteiger partial charge in [-0.05, 0) is 17.5 Å². The number of benzene rings is 1. The van der Waals surface area contributed by atoms with Crippen LogP contribution in [-0.2, 0) is 32.4 Å². The molecular formula is C16H20N2O4S. The molecule has 2 amide bonds. The SMILES string of the molecule is CC(=O)N1Cc2ccccc2C[C@H]1C(=O)N[C@@H]1CCS(=O)(=O)C1. The second kappa shape index (κ2) is 5.96. The Hall–Kier alpha value is -1.89. The number of hydrogen-bond donors (Lipinski definition) is 1. The molecule has 2 atom stereocenters. The van der Waals surface area contributed by atoms with Crippen LogP contribution >= 0.6 is 0 Å². The number of hydrogen-bond acceptors (Lipinski definition) is 4. The van der Waals surface area contributed by atoms with Gasteiger partial charge in [0.25, 0.3) is 0 Å². The first-order valence-corrected chi connectivity index (χ1v) is 9.52. The number of carbonyl (C=O) groups excluding carboxylic acids is 2. The van der Waals surface area contributed by atoms with Crippen LogP contribution in [0.1, 0.15) is 24.5 Å². The van der Waals surface area contributed by atoms with Crippen LogP contribution in [0.3, 0.4) is 0 Å². The van der Waals surface area contributed by atoms with Crippen LogP contribution in [0.4, 0.5) is 0 Å². The highest BCUT2D eigenvalue weighted by Gasteiger charge is 2.36. The standard InChI is InChI=1S/C16H20N2O4S/c1-11(19)18-9-13-5-3-2-4-12(13)8-15(18)16(20)17-14-6-7-23(21,22)10-14/h2-5,14-15H,6-10H2,1H3,(H,17,20)/t14-,15+/m1/s1. The van der Waals surface area contributed by atoms with Crippen LogP contribution < -0.4 is 5.32 Å². The Morgan fingerprint density at radius 1 is 1.22 bits per heavy atom. The minimum atomic E-state index is -3.05. The topological polar surface area (TPSA) is 83.6 Å². The van der Waals surface area contributed by atoms with E-state index in [4.69, 9.17) is 0 Å². The van der Waals surface area contributed by atoms with Gasteiger partial charge in [0, 0.05) is 25.9 Å². The number of carbonyl (C=O) groups is 2. The molecule has 1 N–H and O–H groups in total. The number of nitrogens with one attached hydrogen (secondary N) is 1. The Morgan fingerprint density at radius 3 is 2.52 bits per heavy atom. The van der Waals surface area contributed by atoms with Gasteiger partial charge in [-0.15, -0.1) is 0 Å². The molecule has 1 saturated heterocycles. The maximum absolute atomic E-state index is 12.6. The quantitative estimate of drug-likeness (QED) is 0.840. The lowest BCUT2D eigenvalue weighted by atomic mass is 9.93. The molecule has 2 heterocycles. The van der Waals surface area contributed by atoms with Crippen LogP contribution in [0.15, 0.2) is 24.3 Å². The molecule has 0 unspecified atom stereocenters. The zero-order valence-electron chi connectivity index (χ0n) is 13.0. The smallest absolute Gasteiger partial charge is 0.243 e. The van der Waals surface area contributed by atoms with Crippen LogP contribution in [0.25, 0.3) is 0 Å². The van der Waals surface area contributed by atoms with Gasteiger partial charge in [-0.1, -0.05) is 24.3 Å². The van der Waals surface area contributed by atoms with Gasteiger partial charge >= 0.3 is 0 Å². The summed E-state index contributed by atoms with van der Waals surface area (Å²) in [6.07, 6.45) is 0.901. The van der Waals surface area contributed by atoms with Crippen LogP contribution in [0.5, 0.6) is 0 Å². The summed E-state index contributed by atoms with van der Waals surface area (Å²) in [5, 5.41) is 2.81. The molecule has 6 nitrogen and oxygen atoms in total. The van der Waals surface area contributed by atoms with Gasteiger partial charge in [0.15, 0.2) is 9.84 Å². The number of sulfone groups is 1. The highest BCUT2D eigenvalue weighted by molar-refractivity contribution is 7.91. The summed E-state index contributed by atoms with van der Waals surface area (Å²) >= 11 is 0. The summed E-state index contributed by atoms with van der Waals surface area (Å²) in [6.45, 7) is 1.86. The van der Waals surface area contributed by atoms with Crippen molar-refractivity contribution in [3.05, 3.63) is 35.4 Å².